The first-order valence-electron chi connectivity index (χ1n) is 19.1. The van der Waals surface area contributed by atoms with E-state index in [-0.39, 0.29) is 5.41 Å². The zero-order valence-corrected chi connectivity index (χ0v) is 30.3. The third-order valence-electron chi connectivity index (χ3n) is 12.6. The van der Waals surface area contributed by atoms with Crippen LogP contribution < -0.4 is 0 Å². The van der Waals surface area contributed by atoms with Crippen molar-refractivity contribution in [3.63, 3.8) is 0 Å². The highest BCUT2D eigenvalue weighted by molar-refractivity contribution is 6.32. The Hall–Kier alpha value is -7.04. The van der Waals surface area contributed by atoms with Crippen LogP contribution in [0, 0.1) is 0 Å². The predicted octanol–water partition coefficient (Wildman–Crippen LogP) is 13.0. The maximum Gasteiger partial charge on any atom is 0.165 e. The first-order chi connectivity index (χ1) is 27.1. The van der Waals surface area contributed by atoms with E-state index in [1.165, 1.54) is 71.1 Å². The van der Waals surface area contributed by atoms with E-state index in [1.807, 2.05) is 0 Å². The summed E-state index contributed by atoms with van der Waals surface area (Å²) in [6.45, 7) is 4.81. The third-order valence-corrected chi connectivity index (χ3v) is 12.6. The van der Waals surface area contributed by atoms with Crippen molar-refractivity contribution in [2.45, 2.75) is 19.3 Å². The molecule has 0 radical (unpaired) electrons. The fourth-order valence-electron chi connectivity index (χ4n) is 10.3. The van der Waals surface area contributed by atoms with Crippen LogP contribution in [0.2, 0.25) is 0 Å². The molecule has 4 heterocycles. The van der Waals surface area contributed by atoms with Gasteiger partial charge in [-0.3, -0.25) is 4.57 Å². The van der Waals surface area contributed by atoms with Crippen molar-refractivity contribution in [2.24, 2.45) is 0 Å². The van der Waals surface area contributed by atoms with Crippen molar-refractivity contribution in [1.29, 1.82) is 0 Å². The Kier molecular flexibility index (Phi) is 5.42. The van der Waals surface area contributed by atoms with Gasteiger partial charge >= 0.3 is 0 Å². The Morgan fingerprint density at radius 2 is 1.18 bits per heavy atom. The van der Waals surface area contributed by atoms with Crippen molar-refractivity contribution in [3.05, 3.63) is 169 Å². The van der Waals surface area contributed by atoms with Gasteiger partial charge in [-0.2, -0.15) is 0 Å². The first kappa shape index (κ1) is 29.4. The minimum absolute atomic E-state index is 0.151. The lowest BCUT2D eigenvalue weighted by molar-refractivity contribution is 0.667. The maximum absolute atomic E-state index is 5.63. The second-order valence-electron chi connectivity index (χ2n) is 15.7. The van der Waals surface area contributed by atoms with E-state index in [9.17, 15) is 0 Å². The molecule has 0 aliphatic heterocycles. The topological polar surface area (TPSA) is 35.1 Å². The van der Waals surface area contributed by atoms with Crippen LogP contribution in [0.1, 0.15) is 25.0 Å². The number of hydrogen-bond donors (Lipinski definition) is 0. The maximum atomic E-state index is 5.63. The van der Waals surface area contributed by atoms with Crippen molar-refractivity contribution in [1.82, 2.24) is 18.9 Å². The molecule has 4 heteroatoms. The minimum Gasteiger partial charge on any atom is -0.308 e. The molecule has 55 heavy (non-hydrogen) atoms. The molecular formula is C51H32N4. The number of aromatic nitrogens is 4. The number of para-hydroxylation sites is 1. The molecule has 4 aromatic heterocycles. The van der Waals surface area contributed by atoms with Gasteiger partial charge in [-0.25, -0.2) is 9.97 Å². The number of fused-ring (bicyclic) bond motifs is 12. The third kappa shape index (κ3) is 3.57. The second kappa shape index (κ2) is 10.1. The fourth-order valence-corrected chi connectivity index (χ4v) is 10.3. The second-order valence-corrected chi connectivity index (χ2v) is 15.7. The van der Waals surface area contributed by atoms with Crippen molar-refractivity contribution in [2.75, 3.05) is 0 Å². The molecule has 0 fully saturated rings. The van der Waals surface area contributed by atoms with Gasteiger partial charge in [-0.15, -0.1) is 0 Å². The Morgan fingerprint density at radius 3 is 2.07 bits per heavy atom. The lowest BCUT2D eigenvalue weighted by Crippen LogP contribution is -2.15. The van der Waals surface area contributed by atoms with Gasteiger partial charge in [0.15, 0.2) is 5.82 Å². The van der Waals surface area contributed by atoms with Gasteiger partial charge in [0.1, 0.15) is 5.69 Å². The van der Waals surface area contributed by atoms with Crippen LogP contribution >= 0.6 is 0 Å². The van der Waals surface area contributed by atoms with Crippen LogP contribution in [0.25, 0.3) is 110 Å². The van der Waals surface area contributed by atoms with Crippen LogP contribution in [-0.4, -0.2) is 18.9 Å². The standard InChI is InChI=1S/C51H32N4/c1-51(2)37-21-10-8-18-32(37)35-28-36-33-20-12-23-40-43(33)45-41(54-39-22-11-9-19-34(39)44(46(35)51)49(36)54)24-13-25-42(45)55(40)50-47(30-15-4-3-5-16-30)52-38-27-26-29-14-6-7-17-31(29)48(38)53-50/h3-28H,1-2H3. The zero-order chi connectivity index (χ0) is 36.2. The largest absolute Gasteiger partial charge is 0.308 e. The van der Waals surface area contributed by atoms with Crippen LogP contribution in [0.15, 0.2) is 158 Å². The normalized spacial score (nSPS) is 13.8. The average molecular weight is 701 g/mol. The molecule has 0 spiro atoms. The molecule has 0 amide bonds. The average Bonchev–Trinajstić information content (AvgIpc) is 3.80. The molecule has 0 atom stereocenters. The molecular weight excluding hydrogens is 669 g/mol. The molecule has 12 aromatic rings. The molecule has 13 rings (SSSR count). The molecule has 0 unspecified atom stereocenters. The highest BCUT2D eigenvalue weighted by Crippen LogP contribution is 2.55. The van der Waals surface area contributed by atoms with Crippen molar-refractivity contribution in [3.8, 4) is 28.2 Å². The molecule has 0 saturated heterocycles. The summed E-state index contributed by atoms with van der Waals surface area (Å²) >= 11 is 0. The highest BCUT2D eigenvalue weighted by atomic mass is 15.1. The molecule has 256 valence electrons. The quantitative estimate of drug-likeness (QED) is 0.168. The Balaban J connectivity index is 1.28. The first-order valence-corrected chi connectivity index (χ1v) is 19.1. The van der Waals surface area contributed by atoms with E-state index in [2.05, 4.69) is 181 Å². The van der Waals surface area contributed by atoms with Crippen molar-refractivity contribution >= 4 is 81.7 Å². The molecule has 0 bridgehead atoms. The molecule has 8 aromatic carbocycles. The number of rotatable bonds is 2. The summed E-state index contributed by atoms with van der Waals surface area (Å²) in [7, 11) is 0. The monoisotopic (exact) mass is 700 g/mol. The predicted molar refractivity (Wildman–Crippen MR) is 229 cm³/mol. The van der Waals surface area contributed by atoms with Gasteiger partial charge < -0.3 is 4.40 Å². The van der Waals surface area contributed by atoms with Crippen LogP contribution in [0.3, 0.4) is 0 Å². The summed E-state index contributed by atoms with van der Waals surface area (Å²) in [6.07, 6.45) is 0. The van der Waals surface area contributed by atoms with Gasteiger partial charge in [0.05, 0.1) is 38.6 Å². The van der Waals surface area contributed by atoms with Crippen molar-refractivity contribution < 1.29 is 0 Å². The Morgan fingerprint density at radius 1 is 0.491 bits per heavy atom. The van der Waals surface area contributed by atoms with Gasteiger partial charge in [0.25, 0.3) is 0 Å². The lowest BCUT2D eigenvalue weighted by atomic mass is 9.80. The Labute approximate surface area is 315 Å². The summed E-state index contributed by atoms with van der Waals surface area (Å²) in [5, 5.41) is 9.88. The van der Waals surface area contributed by atoms with E-state index < -0.39 is 0 Å². The summed E-state index contributed by atoms with van der Waals surface area (Å²) in [6, 6.07) is 57.5. The number of benzene rings is 8. The molecule has 4 nitrogen and oxygen atoms in total. The van der Waals surface area contributed by atoms with E-state index >= 15 is 0 Å². The van der Waals surface area contributed by atoms with E-state index in [0.717, 1.165) is 49.9 Å². The molecule has 0 N–H and O–H groups in total. The molecule has 1 aliphatic rings. The highest BCUT2D eigenvalue weighted by Gasteiger charge is 2.39. The molecule has 0 saturated carbocycles. The SMILES string of the molecule is CC1(C)c2ccccc2-c2cc3c4cccc5c4c4c(cccc4n4c6ccccc6c(c21)c34)n5-c1nc2c(ccc3ccccc32)nc1-c1ccccc1. The summed E-state index contributed by atoms with van der Waals surface area (Å²) < 4.78 is 4.94. The van der Waals surface area contributed by atoms with Gasteiger partial charge in [0.2, 0.25) is 0 Å². The fraction of sp³-hybridized carbons (Fsp3) is 0.0588. The van der Waals surface area contributed by atoms with E-state index in [4.69, 9.17) is 9.97 Å². The Bertz CT molecular complexity index is 3620. The smallest absolute Gasteiger partial charge is 0.165 e. The van der Waals surface area contributed by atoms with Crippen LogP contribution in [0.4, 0.5) is 0 Å². The summed E-state index contributed by atoms with van der Waals surface area (Å²) in [4.78, 5) is 11.1. The number of hydrogen-bond acceptors (Lipinski definition) is 2. The summed E-state index contributed by atoms with van der Waals surface area (Å²) in [5.74, 6) is 0.831. The van der Waals surface area contributed by atoms with Gasteiger partial charge in [0, 0.05) is 43.3 Å². The molecule has 1 aliphatic carbocycles. The van der Waals surface area contributed by atoms with Gasteiger partial charge in [-0.1, -0.05) is 135 Å². The van der Waals surface area contributed by atoms with E-state index in [1.54, 1.807) is 0 Å². The minimum atomic E-state index is -0.151. The summed E-state index contributed by atoms with van der Waals surface area (Å²) in [5.41, 5.74) is 14.9. The lowest BCUT2D eigenvalue weighted by Gasteiger charge is -2.23. The number of nitrogens with zero attached hydrogens (tertiary/aromatic N) is 4. The van der Waals surface area contributed by atoms with Crippen LogP contribution in [0.5, 0.6) is 0 Å². The van der Waals surface area contributed by atoms with E-state index in [0.29, 0.717) is 0 Å². The van der Waals surface area contributed by atoms with Crippen LogP contribution in [-0.2, 0) is 5.41 Å². The zero-order valence-electron chi connectivity index (χ0n) is 30.3. The van der Waals surface area contributed by atoms with Gasteiger partial charge in [-0.05, 0) is 69.4 Å².